The van der Waals surface area contributed by atoms with Crippen LogP contribution in [0, 0.1) is 5.82 Å². The molecule has 2 aromatic rings. The summed E-state index contributed by atoms with van der Waals surface area (Å²) in [6.45, 7) is 3.26. The first-order chi connectivity index (χ1) is 13.6. The Morgan fingerprint density at radius 3 is 2.71 bits per heavy atom. The van der Waals surface area contributed by atoms with Crippen LogP contribution in [0.3, 0.4) is 0 Å². The first kappa shape index (κ1) is 18.9. The van der Waals surface area contributed by atoms with Crippen LogP contribution in [-0.2, 0) is 16.1 Å². The zero-order valence-corrected chi connectivity index (χ0v) is 16.0. The number of benzene rings is 2. The molecule has 8 heteroatoms. The van der Waals surface area contributed by atoms with E-state index in [4.69, 9.17) is 4.74 Å². The number of rotatable bonds is 4. The fourth-order valence-corrected chi connectivity index (χ4v) is 4.51. The fourth-order valence-electron chi connectivity index (χ4n) is 3.30. The lowest BCUT2D eigenvalue weighted by Crippen LogP contribution is -3.18. The fraction of sp³-hybridized carbons (Fsp3) is 0.300. The maximum absolute atomic E-state index is 13.0. The van der Waals surface area contributed by atoms with Crippen molar-refractivity contribution in [3.63, 3.8) is 0 Å². The van der Waals surface area contributed by atoms with Crippen molar-refractivity contribution in [2.24, 2.45) is 0 Å². The number of halogens is 1. The second-order valence-electron chi connectivity index (χ2n) is 6.78. The number of nitrogens with one attached hydrogen (secondary N) is 3. The highest BCUT2D eigenvalue weighted by atomic mass is 32.2. The number of carbonyl (C=O) groups is 2. The van der Waals surface area contributed by atoms with Gasteiger partial charge >= 0.3 is 0 Å². The Kier molecular flexibility index (Phi) is 5.61. The summed E-state index contributed by atoms with van der Waals surface area (Å²) < 4.78 is 18.3. The normalized spacial score (nSPS) is 19.6. The standard InChI is InChI=1S/C20H20FN3O3S/c21-15-4-1-13(2-5-15)12-22-18(25)14-3-6-17-16(11-14)23-19(26)20(28-17)24-7-9-27-10-8-24/h1-6,11,20H,7-10,12H2,(H,22,25)(H,23,26)/p+1. The third kappa shape index (κ3) is 4.19. The Bertz CT molecular complexity index is 885. The minimum atomic E-state index is -0.310. The third-order valence-corrected chi connectivity index (χ3v) is 6.25. The van der Waals surface area contributed by atoms with Crippen molar-refractivity contribution in [1.29, 1.82) is 0 Å². The lowest BCUT2D eigenvalue weighted by molar-refractivity contribution is -0.909. The van der Waals surface area contributed by atoms with Gasteiger partial charge in [-0.25, -0.2) is 4.39 Å². The van der Waals surface area contributed by atoms with Crippen LogP contribution < -0.4 is 15.5 Å². The van der Waals surface area contributed by atoms with E-state index in [0.29, 0.717) is 31.0 Å². The summed E-state index contributed by atoms with van der Waals surface area (Å²) in [6, 6.07) is 11.3. The van der Waals surface area contributed by atoms with Crippen LogP contribution in [0.1, 0.15) is 15.9 Å². The molecular formula is C20H21FN3O3S+. The molecule has 0 bridgehead atoms. The number of carbonyl (C=O) groups excluding carboxylic acids is 2. The van der Waals surface area contributed by atoms with Crippen molar-refractivity contribution in [2.45, 2.75) is 16.8 Å². The molecule has 6 nitrogen and oxygen atoms in total. The molecular weight excluding hydrogens is 381 g/mol. The molecule has 28 heavy (non-hydrogen) atoms. The highest BCUT2D eigenvalue weighted by Gasteiger charge is 2.36. The molecule has 1 atom stereocenters. The van der Waals surface area contributed by atoms with Gasteiger partial charge in [-0.05, 0) is 35.9 Å². The van der Waals surface area contributed by atoms with Gasteiger partial charge in [0.05, 0.1) is 18.9 Å². The Morgan fingerprint density at radius 2 is 1.96 bits per heavy atom. The van der Waals surface area contributed by atoms with Crippen molar-refractivity contribution in [2.75, 3.05) is 31.6 Å². The van der Waals surface area contributed by atoms with E-state index in [-0.39, 0.29) is 23.0 Å². The van der Waals surface area contributed by atoms with E-state index in [2.05, 4.69) is 10.6 Å². The van der Waals surface area contributed by atoms with E-state index in [1.54, 1.807) is 24.3 Å². The molecule has 2 amide bonds. The van der Waals surface area contributed by atoms with E-state index < -0.39 is 0 Å². The van der Waals surface area contributed by atoms with Gasteiger partial charge in [-0.2, -0.15) is 0 Å². The van der Waals surface area contributed by atoms with Gasteiger partial charge in [-0.3, -0.25) is 9.59 Å². The smallest absolute Gasteiger partial charge is 0.294 e. The lowest BCUT2D eigenvalue weighted by Gasteiger charge is -2.32. The Balaban J connectivity index is 1.42. The van der Waals surface area contributed by atoms with Gasteiger partial charge in [-0.15, -0.1) is 0 Å². The van der Waals surface area contributed by atoms with Crippen LogP contribution in [0.4, 0.5) is 10.1 Å². The summed E-state index contributed by atoms with van der Waals surface area (Å²) in [5.41, 5.74) is 1.94. The molecule has 1 fully saturated rings. The number of anilines is 1. The molecule has 1 unspecified atom stereocenters. The van der Waals surface area contributed by atoms with E-state index in [1.807, 2.05) is 6.07 Å². The number of thioether (sulfide) groups is 1. The molecule has 2 aliphatic rings. The average Bonchev–Trinajstić information content (AvgIpc) is 2.73. The number of fused-ring (bicyclic) bond motifs is 1. The van der Waals surface area contributed by atoms with E-state index in [9.17, 15) is 14.0 Å². The number of quaternary nitrogens is 1. The van der Waals surface area contributed by atoms with Gasteiger partial charge in [0, 0.05) is 17.0 Å². The van der Waals surface area contributed by atoms with Gasteiger partial charge in [0.2, 0.25) is 5.37 Å². The summed E-state index contributed by atoms with van der Waals surface area (Å²) in [4.78, 5) is 27.2. The molecule has 3 N–H and O–H groups in total. The van der Waals surface area contributed by atoms with E-state index >= 15 is 0 Å². The summed E-state index contributed by atoms with van der Waals surface area (Å²) in [5, 5.41) is 5.55. The van der Waals surface area contributed by atoms with Crippen LogP contribution in [0.5, 0.6) is 0 Å². The predicted molar refractivity (Wildman–Crippen MR) is 104 cm³/mol. The van der Waals surface area contributed by atoms with Crippen molar-refractivity contribution in [3.8, 4) is 0 Å². The van der Waals surface area contributed by atoms with Crippen LogP contribution in [0.25, 0.3) is 0 Å². The molecule has 4 rings (SSSR count). The average molecular weight is 402 g/mol. The molecule has 1 saturated heterocycles. The van der Waals surface area contributed by atoms with Gasteiger partial charge < -0.3 is 20.3 Å². The summed E-state index contributed by atoms with van der Waals surface area (Å²) >= 11 is 1.53. The second kappa shape index (κ2) is 8.30. The number of amides is 2. The first-order valence-electron chi connectivity index (χ1n) is 9.17. The molecule has 2 heterocycles. The Labute approximate surface area is 166 Å². The number of morpholine rings is 1. The summed E-state index contributed by atoms with van der Waals surface area (Å²) in [7, 11) is 0. The predicted octanol–water partition coefficient (Wildman–Crippen LogP) is 1.04. The molecule has 2 aliphatic heterocycles. The van der Waals surface area contributed by atoms with E-state index in [1.165, 1.54) is 28.8 Å². The monoisotopic (exact) mass is 402 g/mol. The third-order valence-electron chi connectivity index (χ3n) is 4.85. The van der Waals surface area contributed by atoms with Crippen LogP contribution >= 0.6 is 11.8 Å². The highest BCUT2D eigenvalue weighted by Crippen LogP contribution is 2.34. The second-order valence-corrected chi connectivity index (χ2v) is 7.92. The lowest BCUT2D eigenvalue weighted by atomic mass is 10.1. The van der Waals surface area contributed by atoms with Crippen LogP contribution in [0.15, 0.2) is 47.4 Å². The zero-order valence-electron chi connectivity index (χ0n) is 15.2. The quantitative estimate of drug-likeness (QED) is 0.715. The number of ether oxygens (including phenoxy) is 1. The highest BCUT2D eigenvalue weighted by molar-refractivity contribution is 8.00. The van der Waals surface area contributed by atoms with Crippen molar-refractivity contribution >= 4 is 29.3 Å². The molecule has 0 saturated carbocycles. The Morgan fingerprint density at radius 1 is 1.21 bits per heavy atom. The molecule has 0 aliphatic carbocycles. The van der Waals surface area contributed by atoms with Gasteiger partial charge in [-0.1, -0.05) is 23.9 Å². The Hall–Kier alpha value is -2.42. The number of hydrogen-bond acceptors (Lipinski definition) is 4. The summed E-state index contributed by atoms with van der Waals surface area (Å²) in [6.07, 6.45) is 0. The largest absolute Gasteiger partial charge is 0.370 e. The molecule has 2 aromatic carbocycles. The maximum atomic E-state index is 13.0. The SMILES string of the molecule is O=C(NCc1ccc(F)cc1)c1ccc2c(c1)NC(=O)C([NH+]1CCOCC1)S2. The topological polar surface area (TPSA) is 71.9 Å². The van der Waals surface area contributed by atoms with Gasteiger partial charge in [0.15, 0.2) is 0 Å². The van der Waals surface area contributed by atoms with Crippen molar-refractivity contribution < 1.29 is 23.6 Å². The first-order valence-corrected chi connectivity index (χ1v) is 10.0. The van der Waals surface area contributed by atoms with Crippen LogP contribution in [0.2, 0.25) is 0 Å². The van der Waals surface area contributed by atoms with E-state index in [0.717, 1.165) is 23.5 Å². The minimum absolute atomic E-state index is 0.0433. The minimum Gasteiger partial charge on any atom is -0.370 e. The maximum Gasteiger partial charge on any atom is 0.294 e. The molecule has 0 aromatic heterocycles. The molecule has 0 spiro atoms. The summed E-state index contributed by atoms with van der Waals surface area (Å²) in [5.74, 6) is -0.596. The zero-order chi connectivity index (χ0) is 19.5. The van der Waals surface area contributed by atoms with Crippen molar-refractivity contribution in [1.82, 2.24) is 5.32 Å². The van der Waals surface area contributed by atoms with Gasteiger partial charge in [0.1, 0.15) is 18.9 Å². The van der Waals surface area contributed by atoms with Gasteiger partial charge in [0.25, 0.3) is 11.8 Å². The molecule has 0 radical (unpaired) electrons. The number of hydrogen-bond donors (Lipinski definition) is 3. The van der Waals surface area contributed by atoms with Crippen LogP contribution in [-0.4, -0.2) is 43.5 Å². The molecule has 146 valence electrons. The van der Waals surface area contributed by atoms with Crippen molar-refractivity contribution in [3.05, 3.63) is 59.4 Å².